The van der Waals surface area contributed by atoms with E-state index in [1.807, 2.05) is 50.0 Å². The molecular formula is C14H21N3. The van der Waals surface area contributed by atoms with Gasteiger partial charge in [-0.1, -0.05) is 25.7 Å². The molecule has 0 amide bonds. The number of hydrogen-bond acceptors (Lipinski definition) is 2. The molecule has 0 atom stereocenters. The van der Waals surface area contributed by atoms with Crippen molar-refractivity contribution in [1.29, 1.82) is 0 Å². The molecule has 0 bridgehead atoms. The summed E-state index contributed by atoms with van der Waals surface area (Å²) in [4.78, 5) is 0. The smallest absolute Gasteiger partial charge is 0.137 e. The zero-order chi connectivity index (χ0) is 12.8. The van der Waals surface area contributed by atoms with E-state index in [0.29, 0.717) is 0 Å². The summed E-state index contributed by atoms with van der Waals surface area (Å²) in [7, 11) is 1.91. The Labute approximate surface area is 104 Å². The first-order valence-electron chi connectivity index (χ1n) is 5.92. The van der Waals surface area contributed by atoms with E-state index in [1.165, 1.54) is 0 Å². The van der Waals surface area contributed by atoms with Crippen LogP contribution in [0.25, 0.3) is 11.3 Å². The first-order valence-corrected chi connectivity index (χ1v) is 5.92. The first kappa shape index (κ1) is 13.3. The molecule has 0 fully saturated rings. The molecule has 0 aliphatic carbocycles. The average Bonchev–Trinajstić information content (AvgIpc) is 2.78. The van der Waals surface area contributed by atoms with Crippen LogP contribution in [0.15, 0.2) is 31.0 Å². The van der Waals surface area contributed by atoms with Crippen LogP contribution in [0.5, 0.6) is 0 Å². The third-order valence-corrected chi connectivity index (χ3v) is 2.69. The Kier molecular flexibility index (Phi) is 4.76. The van der Waals surface area contributed by atoms with Crippen molar-refractivity contribution in [3.05, 3.63) is 36.6 Å². The predicted molar refractivity (Wildman–Crippen MR) is 75.9 cm³/mol. The van der Waals surface area contributed by atoms with Gasteiger partial charge in [-0.3, -0.25) is 0 Å². The van der Waals surface area contributed by atoms with Gasteiger partial charge in [-0.15, -0.1) is 0 Å². The first-order chi connectivity index (χ1) is 8.19. The average molecular weight is 231 g/mol. The molecule has 1 rings (SSSR count). The second-order valence-electron chi connectivity index (χ2n) is 3.74. The number of rotatable bonds is 5. The molecule has 0 radical (unpaired) electrons. The Morgan fingerprint density at radius 3 is 2.71 bits per heavy atom. The SMILES string of the molecule is C=C(CC)c1cnn(C(/C=C\C)=C/C)c1NC. The predicted octanol–water partition coefficient (Wildman–Crippen LogP) is 3.78. The lowest BCUT2D eigenvalue weighted by Crippen LogP contribution is -2.04. The largest absolute Gasteiger partial charge is 0.373 e. The van der Waals surface area contributed by atoms with E-state index in [-0.39, 0.29) is 0 Å². The van der Waals surface area contributed by atoms with Crippen molar-refractivity contribution in [3.8, 4) is 0 Å². The molecule has 1 aromatic rings. The molecule has 0 saturated heterocycles. The van der Waals surface area contributed by atoms with Crippen LogP contribution in [0, 0.1) is 0 Å². The highest BCUT2D eigenvalue weighted by Crippen LogP contribution is 2.26. The maximum atomic E-state index is 4.42. The highest BCUT2D eigenvalue weighted by molar-refractivity contribution is 5.75. The maximum Gasteiger partial charge on any atom is 0.137 e. The fourth-order valence-electron chi connectivity index (χ4n) is 1.69. The molecule has 92 valence electrons. The normalized spacial score (nSPS) is 12.1. The molecule has 0 aliphatic heterocycles. The van der Waals surface area contributed by atoms with Gasteiger partial charge in [0.2, 0.25) is 0 Å². The lowest BCUT2D eigenvalue weighted by Gasteiger charge is -2.10. The highest BCUT2D eigenvalue weighted by atomic mass is 15.3. The summed E-state index contributed by atoms with van der Waals surface area (Å²) in [5.74, 6) is 0.989. The molecule has 17 heavy (non-hydrogen) atoms. The molecule has 1 heterocycles. The molecule has 1 aromatic heterocycles. The molecule has 1 N–H and O–H groups in total. The van der Waals surface area contributed by atoms with Crippen molar-refractivity contribution in [3.63, 3.8) is 0 Å². The Hall–Kier alpha value is -1.77. The van der Waals surface area contributed by atoms with E-state index in [1.54, 1.807) is 0 Å². The van der Waals surface area contributed by atoms with E-state index in [0.717, 1.165) is 29.1 Å². The van der Waals surface area contributed by atoms with Crippen LogP contribution < -0.4 is 5.32 Å². The van der Waals surface area contributed by atoms with Gasteiger partial charge in [0.05, 0.1) is 11.9 Å². The summed E-state index contributed by atoms with van der Waals surface area (Å²) in [6.45, 7) is 10.2. The van der Waals surface area contributed by atoms with Crippen LogP contribution in [0.4, 0.5) is 5.82 Å². The molecule has 0 aromatic carbocycles. The lowest BCUT2D eigenvalue weighted by molar-refractivity contribution is 0.912. The van der Waals surface area contributed by atoms with Crippen LogP contribution in [0.1, 0.15) is 32.8 Å². The molecule has 0 aliphatic rings. The summed E-state index contributed by atoms with van der Waals surface area (Å²) in [5.41, 5.74) is 3.22. The second kappa shape index (κ2) is 6.09. The van der Waals surface area contributed by atoms with E-state index in [2.05, 4.69) is 23.9 Å². The fraction of sp³-hybridized carbons (Fsp3) is 0.357. The molecule has 0 unspecified atom stereocenters. The maximum absolute atomic E-state index is 4.42. The van der Waals surface area contributed by atoms with Crippen LogP contribution in [0.3, 0.4) is 0 Å². The zero-order valence-electron chi connectivity index (χ0n) is 11.1. The monoisotopic (exact) mass is 231 g/mol. The van der Waals surface area contributed by atoms with Crippen molar-refractivity contribution in [2.45, 2.75) is 27.2 Å². The molecule has 3 heteroatoms. The van der Waals surface area contributed by atoms with Gasteiger partial charge in [0.15, 0.2) is 0 Å². The van der Waals surface area contributed by atoms with Gasteiger partial charge >= 0.3 is 0 Å². The van der Waals surface area contributed by atoms with Crippen LogP contribution >= 0.6 is 0 Å². The highest BCUT2D eigenvalue weighted by Gasteiger charge is 2.12. The Balaban J connectivity index is 3.27. The van der Waals surface area contributed by atoms with Crippen molar-refractivity contribution in [1.82, 2.24) is 9.78 Å². The van der Waals surface area contributed by atoms with Gasteiger partial charge in [0.1, 0.15) is 5.82 Å². The van der Waals surface area contributed by atoms with Crippen LogP contribution in [-0.2, 0) is 0 Å². The molecule has 0 spiro atoms. The second-order valence-corrected chi connectivity index (χ2v) is 3.74. The van der Waals surface area contributed by atoms with E-state index in [4.69, 9.17) is 0 Å². The number of hydrogen-bond donors (Lipinski definition) is 1. The summed E-state index contributed by atoms with van der Waals surface area (Å²) in [5, 5.41) is 7.62. The Bertz CT molecular complexity index is 450. The quantitative estimate of drug-likeness (QED) is 0.781. The zero-order valence-corrected chi connectivity index (χ0v) is 11.1. The topological polar surface area (TPSA) is 29.9 Å². The van der Waals surface area contributed by atoms with Crippen molar-refractivity contribution in [2.75, 3.05) is 12.4 Å². The number of nitrogens with one attached hydrogen (secondary N) is 1. The van der Waals surface area contributed by atoms with E-state index in [9.17, 15) is 0 Å². The van der Waals surface area contributed by atoms with Gasteiger partial charge in [0.25, 0.3) is 0 Å². The molecule has 3 nitrogen and oxygen atoms in total. The minimum absolute atomic E-state index is 0.926. The minimum Gasteiger partial charge on any atom is -0.373 e. The van der Waals surface area contributed by atoms with Crippen LogP contribution in [0.2, 0.25) is 0 Å². The standard InChI is InChI=1S/C14H21N3/c1-6-9-12(8-3)17-14(15-5)13(10-16-17)11(4)7-2/h6,8-10,15H,4,7H2,1-3,5H3/b9-6-,12-8+. The number of aromatic nitrogens is 2. The van der Waals surface area contributed by atoms with Gasteiger partial charge in [-0.2, -0.15) is 5.10 Å². The van der Waals surface area contributed by atoms with Crippen molar-refractivity contribution >= 4 is 17.1 Å². The summed E-state index contributed by atoms with van der Waals surface area (Å²) < 4.78 is 1.90. The van der Waals surface area contributed by atoms with E-state index >= 15 is 0 Å². The number of anilines is 1. The van der Waals surface area contributed by atoms with E-state index < -0.39 is 0 Å². The third-order valence-electron chi connectivity index (χ3n) is 2.69. The Morgan fingerprint density at radius 2 is 2.24 bits per heavy atom. The van der Waals surface area contributed by atoms with Gasteiger partial charge in [-0.25, -0.2) is 4.68 Å². The third kappa shape index (κ3) is 2.67. The molecular weight excluding hydrogens is 210 g/mol. The number of allylic oxidation sites excluding steroid dienone is 5. The van der Waals surface area contributed by atoms with Crippen molar-refractivity contribution < 1.29 is 0 Å². The molecule has 0 saturated carbocycles. The van der Waals surface area contributed by atoms with Gasteiger partial charge in [0, 0.05) is 12.6 Å². The summed E-state index contributed by atoms with van der Waals surface area (Å²) in [6.07, 6.45) is 8.86. The minimum atomic E-state index is 0.926. The fourth-order valence-corrected chi connectivity index (χ4v) is 1.69. The summed E-state index contributed by atoms with van der Waals surface area (Å²) >= 11 is 0. The lowest BCUT2D eigenvalue weighted by atomic mass is 10.1. The van der Waals surface area contributed by atoms with Gasteiger partial charge in [-0.05, 0) is 31.9 Å². The number of nitrogens with zero attached hydrogens (tertiary/aromatic N) is 2. The van der Waals surface area contributed by atoms with Crippen LogP contribution in [-0.4, -0.2) is 16.8 Å². The van der Waals surface area contributed by atoms with Crippen molar-refractivity contribution in [2.24, 2.45) is 0 Å². The van der Waals surface area contributed by atoms with Gasteiger partial charge < -0.3 is 5.32 Å². The Morgan fingerprint density at radius 1 is 1.53 bits per heavy atom. The summed E-state index contributed by atoms with van der Waals surface area (Å²) in [6, 6.07) is 0.